The lowest BCUT2D eigenvalue weighted by molar-refractivity contribution is 0.0376. The van der Waals surface area contributed by atoms with Gasteiger partial charge < -0.3 is 15.8 Å². The zero-order valence-corrected chi connectivity index (χ0v) is 14.6. The molecular formula is C17H36N4O. The number of unbranched alkanes of at least 4 members (excludes halogenated alkanes) is 1. The van der Waals surface area contributed by atoms with Gasteiger partial charge in [0.2, 0.25) is 0 Å². The first-order valence-electron chi connectivity index (χ1n) is 9.10. The number of ether oxygens (including phenoxy) is 1. The van der Waals surface area contributed by atoms with Gasteiger partial charge in [0.25, 0.3) is 0 Å². The van der Waals surface area contributed by atoms with Gasteiger partial charge in [0.15, 0.2) is 5.96 Å². The molecule has 0 aliphatic carbocycles. The van der Waals surface area contributed by atoms with Crippen LogP contribution in [0.1, 0.15) is 52.4 Å². The van der Waals surface area contributed by atoms with Crippen molar-refractivity contribution in [2.75, 3.05) is 45.9 Å². The van der Waals surface area contributed by atoms with Crippen LogP contribution in [-0.2, 0) is 4.74 Å². The highest BCUT2D eigenvalue weighted by molar-refractivity contribution is 5.77. The van der Waals surface area contributed by atoms with E-state index >= 15 is 0 Å². The molecule has 0 bridgehead atoms. The third-order valence-corrected chi connectivity index (χ3v) is 4.24. The lowest BCUT2D eigenvalue weighted by Gasteiger charge is -2.26. The van der Waals surface area contributed by atoms with Crippen LogP contribution in [0.2, 0.25) is 0 Å². The van der Waals surface area contributed by atoms with Crippen LogP contribution in [0.3, 0.4) is 0 Å². The van der Waals surface area contributed by atoms with Crippen molar-refractivity contribution >= 4 is 5.96 Å². The molecule has 3 N–H and O–H groups in total. The molecule has 1 saturated heterocycles. The zero-order valence-electron chi connectivity index (χ0n) is 14.6. The Labute approximate surface area is 136 Å². The van der Waals surface area contributed by atoms with Crippen LogP contribution < -0.4 is 11.1 Å². The van der Waals surface area contributed by atoms with E-state index in [9.17, 15) is 0 Å². The number of guanidine groups is 1. The molecule has 22 heavy (non-hydrogen) atoms. The third-order valence-electron chi connectivity index (χ3n) is 4.24. The van der Waals surface area contributed by atoms with Crippen LogP contribution in [0.15, 0.2) is 4.99 Å². The van der Waals surface area contributed by atoms with Gasteiger partial charge in [0.1, 0.15) is 0 Å². The normalized spacial score (nSPS) is 18.4. The van der Waals surface area contributed by atoms with Crippen LogP contribution in [0.25, 0.3) is 0 Å². The Morgan fingerprint density at radius 2 is 1.95 bits per heavy atom. The average Bonchev–Trinajstić information content (AvgIpc) is 2.55. The monoisotopic (exact) mass is 312 g/mol. The molecule has 1 aliphatic heterocycles. The summed E-state index contributed by atoms with van der Waals surface area (Å²) in [4.78, 5) is 6.98. The van der Waals surface area contributed by atoms with E-state index in [-0.39, 0.29) is 0 Å². The Morgan fingerprint density at radius 3 is 2.64 bits per heavy atom. The highest BCUT2D eigenvalue weighted by Gasteiger charge is 2.09. The van der Waals surface area contributed by atoms with E-state index in [1.807, 2.05) is 0 Å². The molecule has 1 fully saturated rings. The first kappa shape index (κ1) is 19.2. The lowest BCUT2D eigenvalue weighted by atomic mass is 9.97. The molecule has 5 heteroatoms. The lowest BCUT2D eigenvalue weighted by Crippen LogP contribution is -2.39. The van der Waals surface area contributed by atoms with Gasteiger partial charge in [0, 0.05) is 26.2 Å². The van der Waals surface area contributed by atoms with E-state index < -0.39 is 0 Å². The van der Waals surface area contributed by atoms with Crippen LogP contribution in [-0.4, -0.2) is 56.8 Å². The standard InChI is InChI=1S/C17H36N4O/c1-3-5-8-16(7-4-2)15-20-17(18)19-9-6-10-21-11-13-22-14-12-21/h16H,3-15H2,1-2H3,(H3,18,19,20). The van der Waals surface area contributed by atoms with Gasteiger partial charge >= 0.3 is 0 Å². The van der Waals surface area contributed by atoms with E-state index in [1.54, 1.807) is 0 Å². The van der Waals surface area contributed by atoms with Gasteiger partial charge in [0.05, 0.1) is 13.2 Å². The van der Waals surface area contributed by atoms with Gasteiger partial charge in [-0.1, -0.05) is 33.1 Å². The molecule has 0 spiro atoms. The second kappa shape index (κ2) is 12.7. The largest absolute Gasteiger partial charge is 0.379 e. The van der Waals surface area contributed by atoms with Crippen molar-refractivity contribution in [3.05, 3.63) is 0 Å². The van der Waals surface area contributed by atoms with Crippen LogP contribution in [0, 0.1) is 5.92 Å². The second-order valence-electron chi connectivity index (χ2n) is 6.26. The van der Waals surface area contributed by atoms with Gasteiger partial charge in [-0.25, -0.2) is 0 Å². The topological polar surface area (TPSA) is 62.9 Å². The predicted octanol–water partition coefficient (Wildman–Crippen LogP) is 2.22. The van der Waals surface area contributed by atoms with Crippen molar-refractivity contribution in [2.45, 2.75) is 52.4 Å². The minimum Gasteiger partial charge on any atom is -0.379 e. The zero-order chi connectivity index (χ0) is 16.0. The first-order valence-corrected chi connectivity index (χ1v) is 9.10. The summed E-state index contributed by atoms with van der Waals surface area (Å²) in [5.41, 5.74) is 5.97. The van der Waals surface area contributed by atoms with E-state index in [4.69, 9.17) is 10.5 Å². The van der Waals surface area contributed by atoms with Crippen molar-refractivity contribution in [1.82, 2.24) is 10.2 Å². The molecular weight excluding hydrogens is 276 g/mol. The van der Waals surface area contributed by atoms with E-state index in [0.29, 0.717) is 11.9 Å². The maximum atomic E-state index is 5.97. The molecule has 130 valence electrons. The summed E-state index contributed by atoms with van der Waals surface area (Å²) in [6.45, 7) is 11.2. The number of nitrogens with zero attached hydrogens (tertiary/aromatic N) is 2. The van der Waals surface area contributed by atoms with Crippen molar-refractivity contribution in [1.29, 1.82) is 0 Å². The number of nitrogens with one attached hydrogen (secondary N) is 1. The number of hydrogen-bond acceptors (Lipinski definition) is 3. The molecule has 1 aliphatic rings. The molecule has 0 saturated carbocycles. The summed E-state index contributed by atoms with van der Waals surface area (Å²) in [5, 5.41) is 3.25. The van der Waals surface area contributed by atoms with E-state index in [2.05, 4.69) is 29.1 Å². The van der Waals surface area contributed by atoms with Gasteiger partial charge in [-0.2, -0.15) is 0 Å². The fraction of sp³-hybridized carbons (Fsp3) is 0.941. The summed E-state index contributed by atoms with van der Waals surface area (Å²) < 4.78 is 5.35. The van der Waals surface area contributed by atoms with Crippen molar-refractivity contribution in [3.8, 4) is 0 Å². The van der Waals surface area contributed by atoms with E-state index in [0.717, 1.165) is 52.4 Å². The molecule has 0 aromatic carbocycles. The summed E-state index contributed by atoms with van der Waals surface area (Å²) in [6.07, 6.45) is 7.43. The minimum absolute atomic E-state index is 0.611. The maximum Gasteiger partial charge on any atom is 0.188 e. The van der Waals surface area contributed by atoms with E-state index in [1.165, 1.54) is 32.1 Å². The highest BCUT2D eigenvalue weighted by Crippen LogP contribution is 2.15. The van der Waals surface area contributed by atoms with Crippen molar-refractivity contribution < 1.29 is 4.74 Å². The first-order chi connectivity index (χ1) is 10.8. The molecule has 5 nitrogen and oxygen atoms in total. The fourth-order valence-corrected chi connectivity index (χ4v) is 2.86. The second-order valence-corrected chi connectivity index (χ2v) is 6.26. The number of morpholine rings is 1. The predicted molar refractivity (Wildman–Crippen MR) is 94.3 cm³/mol. The Bertz CT molecular complexity index is 290. The highest BCUT2D eigenvalue weighted by atomic mass is 16.5. The van der Waals surface area contributed by atoms with Crippen molar-refractivity contribution in [2.24, 2.45) is 16.6 Å². The number of nitrogens with two attached hydrogens (primary N) is 1. The summed E-state index contributed by atoms with van der Waals surface area (Å²) in [6, 6.07) is 0. The van der Waals surface area contributed by atoms with Gasteiger partial charge in [-0.05, 0) is 31.7 Å². The third kappa shape index (κ3) is 9.26. The molecule has 1 rings (SSSR count). The van der Waals surface area contributed by atoms with Crippen molar-refractivity contribution in [3.63, 3.8) is 0 Å². The molecule has 0 radical (unpaired) electrons. The summed E-state index contributed by atoms with van der Waals surface area (Å²) >= 11 is 0. The van der Waals surface area contributed by atoms with Crippen LogP contribution >= 0.6 is 0 Å². The molecule has 1 unspecified atom stereocenters. The summed E-state index contributed by atoms with van der Waals surface area (Å²) in [7, 11) is 0. The summed E-state index contributed by atoms with van der Waals surface area (Å²) in [5.74, 6) is 1.30. The van der Waals surface area contributed by atoms with Gasteiger partial charge in [-0.15, -0.1) is 0 Å². The fourth-order valence-electron chi connectivity index (χ4n) is 2.86. The average molecular weight is 313 g/mol. The van der Waals surface area contributed by atoms with Gasteiger partial charge in [-0.3, -0.25) is 9.89 Å². The molecule has 0 aromatic heterocycles. The molecule has 0 aromatic rings. The van der Waals surface area contributed by atoms with Crippen LogP contribution in [0.4, 0.5) is 0 Å². The smallest absolute Gasteiger partial charge is 0.188 e. The Kier molecular flexibility index (Phi) is 11.1. The Hall–Kier alpha value is -0.810. The Morgan fingerprint density at radius 1 is 1.18 bits per heavy atom. The number of rotatable bonds is 11. The Balaban J connectivity index is 2.12. The quantitative estimate of drug-likeness (QED) is 0.349. The van der Waals surface area contributed by atoms with Crippen LogP contribution in [0.5, 0.6) is 0 Å². The molecule has 1 heterocycles. The number of hydrogen-bond donors (Lipinski definition) is 2. The maximum absolute atomic E-state index is 5.97. The number of aliphatic imine (C=N–C) groups is 1. The molecule has 0 amide bonds. The SMILES string of the molecule is CCCCC(CCC)CN=C(N)NCCCN1CCOCC1. The minimum atomic E-state index is 0.611. The molecule has 1 atom stereocenters.